The van der Waals surface area contributed by atoms with Gasteiger partial charge in [0.15, 0.2) is 0 Å². The normalized spacial score (nSPS) is 17.0. The fourth-order valence-corrected chi connectivity index (χ4v) is 3.82. The summed E-state index contributed by atoms with van der Waals surface area (Å²) in [6.07, 6.45) is 1.61. The number of hydrogen-bond donors (Lipinski definition) is 1. The van der Waals surface area contributed by atoms with E-state index < -0.39 is 0 Å². The molecule has 0 atom stereocenters. The number of morpholine rings is 2. The van der Waals surface area contributed by atoms with Gasteiger partial charge < -0.3 is 23.7 Å². The first-order valence-corrected chi connectivity index (χ1v) is 11.6. The second-order valence-electron chi connectivity index (χ2n) is 7.54. The van der Waals surface area contributed by atoms with E-state index in [4.69, 9.17) is 18.9 Å². The maximum atomic E-state index is 5.88. The van der Waals surface area contributed by atoms with Gasteiger partial charge in [-0.3, -0.25) is 0 Å². The molecule has 1 aromatic carbocycles. The molecule has 172 valence electrons. The molecule has 5 rings (SSSR count). The molecule has 0 spiro atoms. The predicted octanol–water partition coefficient (Wildman–Crippen LogP) is 3.01. The third-order valence-corrected chi connectivity index (χ3v) is 5.84. The van der Waals surface area contributed by atoms with Crippen molar-refractivity contribution in [3.05, 3.63) is 46.6 Å². The number of hydrazone groups is 1. The largest absolute Gasteiger partial charge is 0.455 e. The number of halogens is 1. The van der Waals surface area contributed by atoms with Crippen LogP contribution < -0.4 is 15.2 Å². The molecule has 1 N–H and O–H groups in total. The summed E-state index contributed by atoms with van der Waals surface area (Å²) in [7, 11) is 0. The highest BCUT2D eigenvalue weighted by molar-refractivity contribution is 9.10. The fraction of sp³-hybridized carbons (Fsp3) is 0.364. The molecule has 0 amide bonds. The molecule has 33 heavy (non-hydrogen) atoms. The zero-order chi connectivity index (χ0) is 22.5. The quantitative estimate of drug-likeness (QED) is 0.393. The topological polar surface area (TPSA) is 101 Å². The van der Waals surface area contributed by atoms with Crippen LogP contribution in [0.25, 0.3) is 11.3 Å². The van der Waals surface area contributed by atoms with Crippen LogP contribution in [-0.4, -0.2) is 73.8 Å². The average Bonchev–Trinajstić information content (AvgIpc) is 3.34. The zero-order valence-electron chi connectivity index (χ0n) is 18.0. The van der Waals surface area contributed by atoms with Crippen LogP contribution in [0.15, 0.2) is 50.4 Å². The van der Waals surface area contributed by atoms with E-state index >= 15 is 0 Å². The van der Waals surface area contributed by atoms with Crippen LogP contribution >= 0.6 is 15.9 Å². The highest BCUT2D eigenvalue weighted by Crippen LogP contribution is 2.23. The van der Waals surface area contributed by atoms with Crippen LogP contribution in [-0.2, 0) is 9.47 Å². The summed E-state index contributed by atoms with van der Waals surface area (Å²) in [6, 6.07) is 11.7. The number of furan rings is 1. The third-order valence-electron chi connectivity index (χ3n) is 5.31. The van der Waals surface area contributed by atoms with Crippen molar-refractivity contribution >= 4 is 40.0 Å². The maximum absolute atomic E-state index is 5.88. The Bertz CT molecular complexity index is 1060. The summed E-state index contributed by atoms with van der Waals surface area (Å²) < 4.78 is 17.8. The van der Waals surface area contributed by atoms with Gasteiger partial charge >= 0.3 is 0 Å². The lowest BCUT2D eigenvalue weighted by atomic mass is 10.2. The van der Waals surface area contributed by atoms with Crippen LogP contribution in [0.5, 0.6) is 0 Å². The molecular weight excluding hydrogens is 490 g/mol. The summed E-state index contributed by atoms with van der Waals surface area (Å²) >= 11 is 3.45. The molecule has 0 aliphatic carbocycles. The Hall–Kier alpha value is -3.02. The Morgan fingerprint density at radius 2 is 1.42 bits per heavy atom. The molecular formula is C22H24BrN7O3. The van der Waals surface area contributed by atoms with Gasteiger partial charge in [-0.05, 0) is 24.3 Å². The van der Waals surface area contributed by atoms with E-state index in [1.54, 1.807) is 6.21 Å². The first-order valence-electron chi connectivity index (χ1n) is 10.8. The Balaban J connectivity index is 1.32. The number of aromatic nitrogens is 3. The van der Waals surface area contributed by atoms with E-state index in [-0.39, 0.29) is 0 Å². The number of nitrogens with one attached hydrogen (secondary N) is 1. The Morgan fingerprint density at radius 1 is 0.818 bits per heavy atom. The Kier molecular flexibility index (Phi) is 6.79. The minimum Gasteiger partial charge on any atom is -0.455 e. The highest BCUT2D eigenvalue weighted by atomic mass is 79.9. The summed E-state index contributed by atoms with van der Waals surface area (Å²) in [4.78, 5) is 18.0. The summed E-state index contributed by atoms with van der Waals surface area (Å²) in [6.45, 7) is 5.55. The first kappa shape index (κ1) is 21.8. The molecule has 0 bridgehead atoms. The van der Waals surface area contributed by atoms with Gasteiger partial charge in [-0.25, -0.2) is 5.43 Å². The molecule has 0 unspecified atom stereocenters. The van der Waals surface area contributed by atoms with E-state index in [1.807, 2.05) is 36.4 Å². The minimum atomic E-state index is 0.379. The van der Waals surface area contributed by atoms with Crippen LogP contribution in [0.2, 0.25) is 0 Å². The van der Waals surface area contributed by atoms with Crippen molar-refractivity contribution in [2.24, 2.45) is 5.10 Å². The second-order valence-corrected chi connectivity index (χ2v) is 8.45. The summed E-state index contributed by atoms with van der Waals surface area (Å²) in [5.41, 5.74) is 3.93. The third kappa shape index (κ3) is 5.49. The molecule has 10 nitrogen and oxygen atoms in total. The molecule has 11 heteroatoms. The fourth-order valence-electron chi connectivity index (χ4n) is 3.56. The van der Waals surface area contributed by atoms with Crippen LogP contribution in [0.4, 0.5) is 17.8 Å². The van der Waals surface area contributed by atoms with Gasteiger partial charge in [0, 0.05) is 36.2 Å². The van der Waals surface area contributed by atoms with E-state index in [0.29, 0.717) is 50.0 Å². The van der Waals surface area contributed by atoms with Gasteiger partial charge in [0.05, 0.1) is 32.6 Å². The number of nitrogens with zero attached hydrogens (tertiary/aromatic N) is 6. The smallest absolute Gasteiger partial charge is 0.250 e. The number of anilines is 3. The summed E-state index contributed by atoms with van der Waals surface area (Å²) in [5.74, 6) is 3.00. The van der Waals surface area contributed by atoms with E-state index in [0.717, 1.165) is 42.0 Å². The molecule has 2 aliphatic heterocycles. The average molecular weight is 514 g/mol. The zero-order valence-corrected chi connectivity index (χ0v) is 19.6. The van der Waals surface area contributed by atoms with Crippen molar-refractivity contribution < 1.29 is 13.9 Å². The lowest BCUT2D eigenvalue weighted by Gasteiger charge is -2.30. The number of benzene rings is 1. The Morgan fingerprint density at radius 3 is 2.03 bits per heavy atom. The molecule has 3 aromatic rings. The van der Waals surface area contributed by atoms with Crippen molar-refractivity contribution in [2.45, 2.75) is 0 Å². The Labute approximate surface area is 199 Å². The second kappa shape index (κ2) is 10.3. The summed E-state index contributed by atoms with van der Waals surface area (Å²) in [5, 5.41) is 4.29. The van der Waals surface area contributed by atoms with Crippen molar-refractivity contribution in [2.75, 3.05) is 67.8 Å². The number of ether oxygens (including phenoxy) is 2. The first-order chi connectivity index (χ1) is 16.2. The van der Waals surface area contributed by atoms with Gasteiger partial charge in [0.1, 0.15) is 11.5 Å². The molecule has 2 aliphatic rings. The predicted molar refractivity (Wildman–Crippen MR) is 129 cm³/mol. The molecule has 0 saturated carbocycles. The van der Waals surface area contributed by atoms with Crippen LogP contribution in [0, 0.1) is 0 Å². The van der Waals surface area contributed by atoms with Crippen LogP contribution in [0.1, 0.15) is 5.76 Å². The lowest BCUT2D eigenvalue weighted by molar-refractivity contribution is 0.121. The van der Waals surface area contributed by atoms with Gasteiger partial charge in [-0.2, -0.15) is 20.1 Å². The lowest BCUT2D eigenvalue weighted by Crippen LogP contribution is -2.40. The SMILES string of the molecule is Brc1ccc(-c2ccc(/C=N/Nc3nc(N4CCOCC4)nc(N4CCOCC4)n3)o2)cc1. The molecule has 2 saturated heterocycles. The minimum absolute atomic E-state index is 0.379. The van der Waals surface area contributed by atoms with Gasteiger partial charge in [-0.1, -0.05) is 28.1 Å². The van der Waals surface area contributed by atoms with Crippen LogP contribution in [0.3, 0.4) is 0 Å². The maximum Gasteiger partial charge on any atom is 0.250 e. The van der Waals surface area contributed by atoms with Gasteiger partial charge in [-0.15, -0.1) is 0 Å². The molecule has 4 heterocycles. The van der Waals surface area contributed by atoms with E-state index in [1.165, 1.54) is 0 Å². The van der Waals surface area contributed by atoms with Crippen molar-refractivity contribution in [3.63, 3.8) is 0 Å². The number of rotatable bonds is 6. The molecule has 2 fully saturated rings. The standard InChI is InChI=1S/C22H24BrN7O3/c23-17-3-1-16(2-4-17)19-6-5-18(33-19)15-24-28-20-25-21(29-7-11-31-12-8-29)27-22(26-20)30-9-13-32-14-10-30/h1-6,15H,7-14H2,(H,25,26,27,28)/b24-15+. The van der Waals surface area contributed by atoms with Crippen molar-refractivity contribution in [1.82, 2.24) is 15.0 Å². The van der Waals surface area contributed by atoms with Gasteiger partial charge in [0.25, 0.3) is 0 Å². The molecule has 0 radical (unpaired) electrons. The highest BCUT2D eigenvalue weighted by Gasteiger charge is 2.20. The van der Waals surface area contributed by atoms with Crippen molar-refractivity contribution in [3.8, 4) is 11.3 Å². The van der Waals surface area contributed by atoms with E-state index in [9.17, 15) is 0 Å². The van der Waals surface area contributed by atoms with Gasteiger partial charge in [0.2, 0.25) is 17.8 Å². The number of hydrogen-bond acceptors (Lipinski definition) is 10. The monoisotopic (exact) mass is 513 g/mol. The van der Waals surface area contributed by atoms with E-state index in [2.05, 4.69) is 46.2 Å². The van der Waals surface area contributed by atoms with Crippen molar-refractivity contribution in [1.29, 1.82) is 0 Å². The molecule has 2 aromatic heterocycles.